The second-order valence-corrected chi connectivity index (χ2v) is 6.37. The fourth-order valence-electron chi connectivity index (χ4n) is 1.86. The molecule has 1 aromatic rings. The molecule has 1 fully saturated rings. The average molecular weight is 269 g/mol. The molecule has 0 spiro atoms. The Morgan fingerprint density at radius 2 is 2.22 bits per heavy atom. The lowest BCUT2D eigenvalue weighted by molar-refractivity contribution is 0.538. The summed E-state index contributed by atoms with van der Waals surface area (Å²) in [6.45, 7) is 4.57. The van der Waals surface area contributed by atoms with Gasteiger partial charge in [-0.05, 0) is 38.7 Å². The predicted octanol–water partition coefficient (Wildman–Crippen LogP) is 1.59. The highest BCUT2D eigenvalue weighted by molar-refractivity contribution is 7.89. The third-order valence-electron chi connectivity index (χ3n) is 3.07. The molecule has 1 aliphatic rings. The van der Waals surface area contributed by atoms with Crippen LogP contribution in [0, 0.1) is 5.92 Å². The van der Waals surface area contributed by atoms with Gasteiger partial charge in [0.25, 0.3) is 0 Å². The Morgan fingerprint density at radius 1 is 1.50 bits per heavy atom. The number of aromatic nitrogens is 1. The zero-order chi connectivity index (χ0) is 13.2. The summed E-state index contributed by atoms with van der Waals surface area (Å²) in [7, 11) is -3.44. The highest BCUT2D eigenvalue weighted by Gasteiger charge is 2.31. The molecule has 0 radical (unpaired) electrons. The monoisotopic (exact) mass is 269 g/mol. The van der Waals surface area contributed by atoms with Crippen molar-refractivity contribution in [3.8, 4) is 0 Å². The van der Waals surface area contributed by atoms with Gasteiger partial charge in [-0.1, -0.05) is 0 Å². The van der Waals surface area contributed by atoms with Crippen molar-refractivity contribution in [2.45, 2.75) is 37.6 Å². The predicted molar refractivity (Wildman–Crippen MR) is 70.9 cm³/mol. The third kappa shape index (κ3) is 3.20. The van der Waals surface area contributed by atoms with E-state index < -0.39 is 10.0 Å². The molecule has 0 aliphatic heterocycles. The Labute approximate surface area is 108 Å². The molecule has 2 N–H and O–H groups in total. The van der Waals surface area contributed by atoms with Gasteiger partial charge >= 0.3 is 0 Å². The number of nitrogens with one attached hydrogen (secondary N) is 2. The Bertz CT molecular complexity index is 512. The van der Waals surface area contributed by atoms with E-state index in [-0.39, 0.29) is 10.9 Å². The van der Waals surface area contributed by atoms with Crippen LogP contribution >= 0.6 is 0 Å². The molecule has 1 aromatic heterocycles. The van der Waals surface area contributed by atoms with Gasteiger partial charge in [-0.3, -0.25) is 0 Å². The van der Waals surface area contributed by atoms with Gasteiger partial charge < -0.3 is 5.32 Å². The molecular formula is C12H19N3O2S. The number of sulfonamides is 1. The molecule has 100 valence electrons. The standard InChI is InChI=1S/C12H19N3O2S/c1-3-13-12-8-11(6-7-14-12)18(16,17)15-9(2)10-4-5-10/h6-10,15H,3-5H2,1-2H3,(H,13,14). The summed E-state index contributed by atoms with van der Waals surface area (Å²) in [6, 6.07) is 3.08. The summed E-state index contributed by atoms with van der Waals surface area (Å²) in [5.41, 5.74) is 0. The number of pyridine rings is 1. The van der Waals surface area contributed by atoms with Crippen LogP contribution < -0.4 is 10.0 Å². The van der Waals surface area contributed by atoms with Crippen molar-refractivity contribution in [3.63, 3.8) is 0 Å². The Hall–Kier alpha value is -1.14. The number of hydrogen-bond donors (Lipinski definition) is 2. The maximum atomic E-state index is 12.2. The van der Waals surface area contributed by atoms with Crippen molar-refractivity contribution in [1.29, 1.82) is 0 Å². The minimum absolute atomic E-state index is 0.00532. The summed E-state index contributed by atoms with van der Waals surface area (Å²) in [5.74, 6) is 1.08. The number of nitrogens with zero attached hydrogens (tertiary/aromatic N) is 1. The number of rotatable bonds is 6. The van der Waals surface area contributed by atoms with Crippen LogP contribution in [0.5, 0.6) is 0 Å². The van der Waals surface area contributed by atoms with Crippen LogP contribution in [0.3, 0.4) is 0 Å². The summed E-state index contributed by atoms with van der Waals surface area (Å²) in [4.78, 5) is 4.33. The van der Waals surface area contributed by atoms with E-state index in [1.165, 1.54) is 12.3 Å². The van der Waals surface area contributed by atoms with Gasteiger partial charge in [-0.15, -0.1) is 0 Å². The highest BCUT2D eigenvalue weighted by atomic mass is 32.2. The molecule has 1 saturated carbocycles. The van der Waals surface area contributed by atoms with E-state index in [0.29, 0.717) is 18.3 Å². The van der Waals surface area contributed by atoms with Gasteiger partial charge in [-0.25, -0.2) is 18.1 Å². The Kier molecular flexibility index (Phi) is 3.87. The van der Waals surface area contributed by atoms with Crippen molar-refractivity contribution < 1.29 is 8.42 Å². The molecule has 0 saturated heterocycles. The normalized spacial score (nSPS) is 17.4. The molecule has 1 atom stereocenters. The maximum absolute atomic E-state index is 12.2. The van der Waals surface area contributed by atoms with E-state index in [1.54, 1.807) is 6.07 Å². The maximum Gasteiger partial charge on any atom is 0.241 e. The van der Waals surface area contributed by atoms with Crippen LogP contribution in [-0.4, -0.2) is 26.0 Å². The summed E-state index contributed by atoms with van der Waals surface area (Å²) >= 11 is 0. The first-order valence-corrected chi connectivity index (χ1v) is 7.73. The average Bonchev–Trinajstić information content (AvgIpc) is 3.13. The molecule has 2 rings (SSSR count). The number of hydrogen-bond acceptors (Lipinski definition) is 4. The minimum atomic E-state index is -3.44. The summed E-state index contributed by atoms with van der Waals surface area (Å²) in [5, 5.41) is 3.01. The lowest BCUT2D eigenvalue weighted by Crippen LogP contribution is -2.34. The van der Waals surface area contributed by atoms with Crippen molar-refractivity contribution in [2.75, 3.05) is 11.9 Å². The quantitative estimate of drug-likeness (QED) is 0.822. The van der Waals surface area contributed by atoms with Gasteiger partial charge in [0.2, 0.25) is 10.0 Å². The SMILES string of the molecule is CCNc1cc(S(=O)(=O)NC(C)C2CC2)ccn1. The zero-order valence-electron chi connectivity index (χ0n) is 10.7. The molecule has 1 heterocycles. The molecule has 0 aromatic carbocycles. The highest BCUT2D eigenvalue weighted by Crippen LogP contribution is 2.33. The first-order valence-electron chi connectivity index (χ1n) is 6.25. The molecule has 18 heavy (non-hydrogen) atoms. The van der Waals surface area contributed by atoms with Crippen LogP contribution in [0.4, 0.5) is 5.82 Å². The van der Waals surface area contributed by atoms with Gasteiger partial charge in [-0.2, -0.15) is 0 Å². The van der Waals surface area contributed by atoms with Crippen molar-refractivity contribution in [1.82, 2.24) is 9.71 Å². The first kappa shape index (κ1) is 13.3. The van der Waals surface area contributed by atoms with Crippen LogP contribution in [0.25, 0.3) is 0 Å². The minimum Gasteiger partial charge on any atom is -0.370 e. The topological polar surface area (TPSA) is 71.1 Å². The third-order valence-corrected chi connectivity index (χ3v) is 4.63. The Morgan fingerprint density at radius 3 is 2.83 bits per heavy atom. The largest absolute Gasteiger partial charge is 0.370 e. The Balaban J connectivity index is 2.15. The van der Waals surface area contributed by atoms with Crippen LogP contribution in [0.2, 0.25) is 0 Å². The molecule has 5 nitrogen and oxygen atoms in total. The molecule has 1 aliphatic carbocycles. The van der Waals surface area contributed by atoms with E-state index >= 15 is 0 Å². The second-order valence-electron chi connectivity index (χ2n) is 4.65. The fraction of sp³-hybridized carbons (Fsp3) is 0.583. The fourth-order valence-corrected chi connectivity index (χ4v) is 3.19. The van der Waals surface area contributed by atoms with Crippen molar-refractivity contribution in [3.05, 3.63) is 18.3 Å². The van der Waals surface area contributed by atoms with Gasteiger partial charge in [0, 0.05) is 24.8 Å². The van der Waals surface area contributed by atoms with Gasteiger partial charge in [0.1, 0.15) is 5.82 Å². The summed E-state index contributed by atoms with van der Waals surface area (Å²) < 4.78 is 27.0. The van der Waals surface area contributed by atoms with E-state index in [1.807, 2.05) is 13.8 Å². The smallest absolute Gasteiger partial charge is 0.241 e. The molecule has 0 amide bonds. The zero-order valence-corrected chi connectivity index (χ0v) is 11.5. The van der Waals surface area contributed by atoms with E-state index in [2.05, 4.69) is 15.0 Å². The van der Waals surface area contributed by atoms with Crippen LogP contribution in [0.1, 0.15) is 26.7 Å². The van der Waals surface area contributed by atoms with Crippen molar-refractivity contribution >= 4 is 15.8 Å². The molecule has 1 unspecified atom stereocenters. The lowest BCUT2D eigenvalue weighted by Gasteiger charge is -2.13. The van der Waals surface area contributed by atoms with Crippen LogP contribution in [0.15, 0.2) is 23.2 Å². The number of anilines is 1. The van der Waals surface area contributed by atoms with Gasteiger partial charge in [0.05, 0.1) is 4.90 Å². The van der Waals surface area contributed by atoms with E-state index in [9.17, 15) is 8.42 Å². The van der Waals surface area contributed by atoms with Gasteiger partial charge in [0.15, 0.2) is 0 Å². The van der Waals surface area contributed by atoms with E-state index in [4.69, 9.17) is 0 Å². The molecule has 6 heteroatoms. The molecular weight excluding hydrogens is 250 g/mol. The summed E-state index contributed by atoms with van der Waals surface area (Å²) in [6.07, 6.45) is 3.74. The molecule has 0 bridgehead atoms. The second kappa shape index (κ2) is 5.24. The lowest BCUT2D eigenvalue weighted by atomic mass is 10.2. The van der Waals surface area contributed by atoms with Crippen LogP contribution in [-0.2, 0) is 10.0 Å². The van der Waals surface area contributed by atoms with E-state index in [0.717, 1.165) is 12.8 Å². The first-order chi connectivity index (χ1) is 8.53. The van der Waals surface area contributed by atoms with Crippen molar-refractivity contribution in [2.24, 2.45) is 5.92 Å².